The summed E-state index contributed by atoms with van der Waals surface area (Å²) in [5.74, 6) is 0.787. The van der Waals surface area contributed by atoms with E-state index >= 15 is 0 Å². The van der Waals surface area contributed by atoms with Crippen LogP contribution in [0.2, 0.25) is 0 Å². The Morgan fingerprint density at radius 3 is 2.88 bits per heavy atom. The maximum atomic E-state index is 11.6. The number of aliphatic hydroxyl groups excluding tert-OH is 1. The first-order valence-corrected chi connectivity index (χ1v) is 6.64. The van der Waals surface area contributed by atoms with Gasteiger partial charge in [-0.3, -0.25) is 0 Å². The highest BCUT2D eigenvalue weighted by Gasteiger charge is 2.17. The van der Waals surface area contributed by atoms with Crippen molar-refractivity contribution < 1.29 is 19.1 Å². The maximum Gasteiger partial charge on any atom is 0.341 e. The van der Waals surface area contributed by atoms with E-state index < -0.39 is 0 Å². The lowest BCUT2D eigenvalue weighted by Crippen LogP contribution is -2.15. The van der Waals surface area contributed by atoms with E-state index in [-0.39, 0.29) is 17.3 Å². The normalized spacial score (nSPS) is 14.4. The van der Waals surface area contributed by atoms with Gasteiger partial charge in [-0.1, -0.05) is 6.92 Å². The van der Waals surface area contributed by atoms with E-state index in [1.54, 1.807) is 31.7 Å². The van der Waals surface area contributed by atoms with E-state index in [9.17, 15) is 9.90 Å². The minimum absolute atomic E-state index is 0.0927. The molecule has 1 aromatic heterocycles. The first kappa shape index (κ1) is 14.1. The molecular weight excluding hydrogens is 240 g/mol. The van der Waals surface area contributed by atoms with Gasteiger partial charge < -0.3 is 14.3 Å². The van der Waals surface area contributed by atoms with Gasteiger partial charge in [0.25, 0.3) is 0 Å². The molecule has 5 heteroatoms. The number of hydrogen-bond acceptors (Lipinski definition) is 5. The summed E-state index contributed by atoms with van der Waals surface area (Å²) in [7, 11) is 0. The van der Waals surface area contributed by atoms with Crippen molar-refractivity contribution in [1.29, 1.82) is 0 Å². The predicted molar refractivity (Wildman–Crippen MR) is 67.1 cm³/mol. The third-order valence-electron chi connectivity index (χ3n) is 2.40. The largest absolute Gasteiger partial charge is 0.468 e. The van der Waals surface area contributed by atoms with Crippen LogP contribution in [-0.4, -0.2) is 29.0 Å². The summed E-state index contributed by atoms with van der Waals surface area (Å²) in [4.78, 5) is 11.6. The molecule has 0 aliphatic rings. The summed E-state index contributed by atoms with van der Waals surface area (Å²) < 4.78 is 10.2. The van der Waals surface area contributed by atoms with Crippen molar-refractivity contribution in [2.45, 2.75) is 37.9 Å². The van der Waals surface area contributed by atoms with Crippen LogP contribution in [0.5, 0.6) is 0 Å². The van der Waals surface area contributed by atoms with Crippen molar-refractivity contribution in [2.24, 2.45) is 0 Å². The second kappa shape index (κ2) is 6.71. The quantitative estimate of drug-likeness (QED) is 0.794. The lowest BCUT2D eigenvalue weighted by atomic mass is 10.3. The van der Waals surface area contributed by atoms with Gasteiger partial charge in [0, 0.05) is 5.25 Å². The van der Waals surface area contributed by atoms with Gasteiger partial charge in [0.05, 0.1) is 24.7 Å². The standard InChI is InChI=1S/C12H18O4S/c1-4-15-12(14)10-5-6-16-11(10)7-17-9(3)8(2)13/h5-6,8-9,13H,4,7H2,1-3H3. The Balaban J connectivity index is 2.60. The molecule has 0 bridgehead atoms. The number of rotatable bonds is 6. The van der Waals surface area contributed by atoms with Crippen LogP contribution in [-0.2, 0) is 10.5 Å². The Labute approximate surface area is 105 Å². The number of furan rings is 1. The van der Waals surface area contributed by atoms with Gasteiger partial charge in [-0.2, -0.15) is 0 Å². The van der Waals surface area contributed by atoms with Crippen molar-refractivity contribution in [2.75, 3.05) is 6.61 Å². The van der Waals surface area contributed by atoms with Gasteiger partial charge in [0.2, 0.25) is 0 Å². The van der Waals surface area contributed by atoms with Crippen LogP contribution in [0.1, 0.15) is 36.9 Å². The fourth-order valence-corrected chi connectivity index (χ4v) is 2.11. The molecule has 2 unspecified atom stereocenters. The topological polar surface area (TPSA) is 59.7 Å². The Hall–Kier alpha value is -0.940. The molecule has 4 nitrogen and oxygen atoms in total. The molecule has 0 amide bonds. The Bertz CT molecular complexity index is 359. The summed E-state index contributed by atoms with van der Waals surface area (Å²) in [5.41, 5.74) is 0.470. The van der Waals surface area contributed by atoms with Crippen molar-refractivity contribution >= 4 is 17.7 Å². The molecule has 0 saturated heterocycles. The molecule has 1 aromatic rings. The average Bonchev–Trinajstić information content (AvgIpc) is 2.74. The van der Waals surface area contributed by atoms with Crippen LogP contribution in [0.3, 0.4) is 0 Å². The van der Waals surface area contributed by atoms with Crippen molar-refractivity contribution in [3.63, 3.8) is 0 Å². The van der Waals surface area contributed by atoms with Crippen LogP contribution in [0.25, 0.3) is 0 Å². The van der Waals surface area contributed by atoms with E-state index in [0.717, 1.165) is 0 Å². The minimum Gasteiger partial charge on any atom is -0.468 e. The van der Waals surface area contributed by atoms with E-state index in [1.165, 1.54) is 6.26 Å². The van der Waals surface area contributed by atoms with Crippen LogP contribution >= 0.6 is 11.8 Å². The van der Waals surface area contributed by atoms with Crippen LogP contribution in [0, 0.1) is 0 Å². The Morgan fingerprint density at radius 2 is 2.29 bits per heavy atom. The average molecular weight is 258 g/mol. The van der Waals surface area contributed by atoms with Crippen LogP contribution in [0.15, 0.2) is 16.7 Å². The van der Waals surface area contributed by atoms with Gasteiger partial charge in [-0.25, -0.2) is 4.79 Å². The van der Waals surface area contributed by atoms with Crippen molar-refractivity contribution in [3.8, 4) is 0 Å². The maximum absolute atomic E-state index is 11.6. The van der Waals surface area contributed by atoms with Gasteiger partial charge >= 0.3 is 5.97 Å². The molecule has 0 radical (unpaired) electrons. The summed E-state index contributed by atoms with van der Waals surface area (Å²) in [6, 6.07) is 1.61. The summed E-state index contributed by atoms with van der Waals surface area (Å²) >= 11 is 1.54. The second-order valence-electron chi connectivity index (χ2n) is 3.73. The highest BCUT2D eigenvalue weighted by atomic mass is 32.2. The van der Waals surface area contributed by atoms with E-state index in [1.807, 2.05) is 6.92 Å². The zero-order chi connectivity index (χ0) is 12.8. The lowest BCUT2D eigenvalue weighted by molar-refractivity contribution is 0.0524. The molecule has 1 heterocycles. The minimum atomic E-state index is -0.388. The molecule has 1 N–H and O–H groups in total. The third kappa shape index (κ3) is 4.09. The molecule has 17 heavy (non-hydrogen) atoms. The first-order valence-electron chi connectivity index (χ1n) is 5.59. The van der Waals surface area contributed by atoms with Gasteiger partial charge in [-0.15, -0.1) is 11.8 Å². The van der Waals surface area contributed by atoms with Crippen LogP contribution in [0.4, 0.5) is 0 Å². The van der Waals surface area contributed by atoms with Gasteiger partial charge in [-0.05, 0) is 19.9 Å². The number of ether oxygens (including phenoxy) is 1. The number of carbonyl (C=O) groups excluding carboxylic acids is 1. The number of hydrogen-bond donors (Lipinski definition) is 1. The lowest BCUT2D eigenvalue weighted by Gasteiger charge is -2.13. The highest BCUT2D eigenvalue weighted by molar-refractivity contribution is 7.99. The summed E-state index contributed by atoms with van der Waals surface area (Å²) in [5, 5.41) is 9.46. The van der Waals surface area contributed by atoms with Gasteiger partial charge in [0.1, 0.15) is 11.3 Å². The third-order valence-corrected chi connectivity index (χ3v) is 3.75. The molecule has 0 aliphatic carbocycles. The van der Waals surface area contributed by atoms with Crippen molar-refractivity contribution in [1.82, 2.24) is 0 Å². The smallest absolute Gasteiger partial charge is 0.341 e. The molecule has 2 atom stereocenters. The van der Waals surface area contributed by atoms with Crippen LogP contribution < -0.4 is 0 Å². The predicted octanol–water partition coefficient (Wildman–Crippen LogP) is 2.46. The summed E-state index contributed by atoms with van der Waals surface area (Å²) in [6.07, 6.45) is 1.09. The molecule has 0 saturated carbocycles. The molecule has 0 fully saturated rings. The molecule has 0 aliphatic heterocycles. The first-order chi connectivity index (χ1) is 8.06. The number of aliphatic hydroxyl groups is 1. The summed E-state index contributed by atoms with van der Waals surface area (Å²) in [6.45, 7) is 5.79. The molecule has 0 aromatic carbocycles. The van der Waals surface area contributed by atoms with Crippen molar-refractivity contribution in [3.05, 3.63) is 23.7 Å². The van der Waals surface area contributed by atoms with Gasteiger partial charge in [0.15, 0.2) is 0 Å². The number of carbonyl (C=O) groups is 1. The van der Waals surface area contributed by atoms with E-state index in [4.69, 9.17) is 9.15 Å². The molecular formula is C12H18O4S. The molecule has 0 spiro atoms. The number of esters is 1. The SMILES string of the molecule is CCOC(=O)c1ccoc1CSC(C)C(C)O. The zero-order valence-electron chi connectivity index (χ0n) is 10.3. The Morgan fingerprint density at radius 1 is 1.59 bits per heavy atom. The Kier molecular flexibility index (Phi) is 5.58. The second-order valence-corrected chi connectivity index (χ2v) is 5.10. The molecule has 96 valence electrons. The monoisotopic (exact) mass is 258 g/mol. The fourth-order valence-electron chi connectivity index (χ4n) is 1.19. The number of thioether (sulfide) groups is 1. The van der Waals surface area contributed by atoms with E-state index in [0.29, 0.717) is 23.7 Å². The zero-order valence-corrected chi connectivity index (χ0v) is 11.1. The van der Waals surface area contributed by atoms with E-state index in [2.05, 4.69) is 0 Å². The highest BCUT2D eigenvalue weighted by Crippen LogP contribution is 2.23. The fraction of sp³-hybridized carbons (Fsp3) is 0.583. The molecule has 1 rings (SSSR count).